The van der Waals surface area contributed by atoms with Gasteiger partial charge in [-0.1, -0.05) is 32.6 Å². The summed E-state index contributed by atoms with van der Waals surface area (Å²) in [6.45, 7) is 3.05. The van der Waals surface area contributed by atoms with Crippen LogP contribution in [-0.4, -0.2) is 23.5 Å². The number of aromatic nitrogens is 1. The molecule has 0 radical (unpaired) electrons. The number of hydrogen-bond acceptors (Lipinski definition) is 5. The maximum absolute atomic E-state index is 11.0. The Balaban J connectivity index is 1.91. The number of rotatable bonds is 6. The Hall–Kier alpha value is -1.85. The molecule has 6 heteroatoms. The molecule has 1 aliphatic carbocycles. The highest BCUT2D eigenvalue weighted by Crippen LogP contribution is 2.30. The van der Waals surface area contributed by atoms with E-state index in [9.17, 15) is 10.1 Å². The van der Waals surface area contributed by atoms with Crippen molar-refractivity contribution in [3.8, 4) is 0 Å². The van der Waals surface area contributed by atoms with E-state index in [-0.39, 0.29) is 5.69 Å². The zero-order chi connectivity index (χ0) is 15.2. The van der Waals surface area contributed by atoms with E-state index in [1.165, 1.54) is 31.7 Å². The number of pyridine rings is 1. The summed E-state index contributed by atoms with van der Waals surface area (Å²) in [5.74, 6) is 2.58. The Labute approximate surface area is 125 Å². The van der Waals surface area contributed by atoms with Crippen LogP contribution in [0.1, 0.15) is 39.0 Å². The van der Waals surface area contributed by atoms with Crippen LogP contribution in [0.25, 0.3) is 0 Å². The SMILES string of the molecule is CNc1ccc([N+](=O)[O-])c(NCCC2CCC(C)CC2)n1. The van der Waals surface area contributed by atoms with Crippen molar-refractivity contribution in [3.63, 3.8) is 0 Å². The minimum atomic E-state index is -0.392. The highest BCUT2D eigenvalue weighted by molar-refractivity contribution is 5.60. The average molecular weight is 292 g/mol. The van der Waals surface area contributed by atoms with Crippen LogP contribution >= 0.6 is 0 Å². The number of hydrogen-bond donors (Lipinski definition) is 2. The second-order valence-corrected chi connectivity index (χ2v) is 5.91. The predicted octanol–water partition coefficient (Wildman–Crippen LogP) is 3.66. The summed E-state index contributed by atoms with van der Waals surface area (Å²) in [4.78, 5) is 14.9. The first-order valence-corrected chi connectivity index (χ1v) is 7.67. The van der Waals surface area contributed by atoms with E-state index in [0.29, 0.717) is 11.6 Å². The molecule has 1 heterocycles. The van der Waals surface area contributed by atoms with Crippen molar-refractivity contribution in [2.24, 2.45) is 11.8 Å². The van der Waals surface area contributed by atoms with Gasteiger partial charge in [0.25, 0.3) is 0 Å². The second kappa shape index (κ2) is 7.24. The van der Waals surface area contributed by atoms with Gasteiger partial charge in [-0.3, -0.25) is 10.1 Å². The molecule has 0 amide bonds. The van der Waals surface area contributed by atoms with Crippen molar-refractivity contribution < 1.29 is 4.92 Å². The Kier molecular flexibility index (Phi) is 5.36. The Morgan fingerprint density at radius 2 is 2.05 bits per heavy atom. The fourth-order valence-electron chi connectivity index (χ4n) is 2.88. The lowest BCUT2D eigenvalue weighted by atomic mass is 9.81. The first-order chi connectivity index (χ1) is 10.1. The first-order valence-electron chi connectivity index (χ1n) is 7.67. The molecule has 1 fully saturated rings. The minimum Gasteiger partial charge on any atom is -0.373 e. The van der Waals surface area contributed by atoms with Gasteiger partial charge in [0.1, 0.15) is 5.82 Å². The zero-order valence-electron chi connectivity index (χ0n) is 12.8. The minimum absolute atomic E-state index is 0.0336. The normalized spacial score (nSPS) is 21.8. The summed E-state index contributed by atoms with van der Waals surface area (Å²) >= 11 is 0. The van der Waals surface area contributed by atoms with Crippen LogP contribution in [0, 0.1) is 22.0 Å². The maximum Gasteiger partial charge on any atom is 0.311 e. The van der Waals surface area contributed by atoms with Crippen LogP contribution in [0.2, 0.25) is 0 Å². The molecular formula is C15H24N4O2. The average Bonchev–Trinajstić information content (AvgIpc) is 2.49. The third-order valence-electron chi connectivity index (χ3n) is 4.31. The van der Waals surface area contributed by atoms with E-state index in [2.05, 4.69) is 22.5 Å². The number of nitrogens with zero attached hydrogens (tertiary/aromatic N) is 2. The van der Waals surface area contributed by atoms with Crippen molar-refractivity contribution in [1.29, 1.82) is 0 Å². The molecule has 2 rings (SSSR count). The van der Waals surface area contributed by atoms with E-state index in [1.807, 2.05) is 0 Å². The molecule has 0 atom stereocenters. The largest absolute Gasteiger partial charge is 0.373 e. The lowest BCUT2D eigenvalue weighted by Crippen LogP contribution is -2.16. The molecule has 0 bridgehead atoms. The van der Waals surface area contributed by atoms with Crippen molar-refractivity contribution in [2.75, 3.05) is 24.2 Å². The van der Waals surface area contributed by atoms with Gasteiger partial charge in [-0.15, -0.1) is 0 Å². The fraction of sp³-hybridized carbons (Fsp3) is 0.667. The fourth-order valence-corrected chi connectivity index (χ4v) is 2.88. The summed E-state index contributed by atoms with van der Waals surface area (Å²) < 4.78 is 0. The van der Waals surface area contributed by atoms with Crippen molar-refractivity contribution in [1.82, 2.24) is 4.98 Å². The van der Waals surface area contributed by atoms with Crippen LogP contribution in [0.15, 0.2) is 12.1 Å². The van der Waals surface area contributed by atoms with Crippen molar-refractivity contribution in [3.05, 3.63) is 22.2 Å². The summed E-state index contributed by atoms with van der Waals surface area (Å²) in [6.07, 6.45) is 6.20. The molecule has 2 N–H and O–H groups in total. The van der Waals surface area contributed by atoms with Crippen LogP contribution in [0.3, 0.4) is 0 Å². The molecule has 0 aliphatic heterocycles. The van der Waals surface area contributed by atoms with Gasteiger partial charge in [0.2, 0.25) is 5.82 Å². The Bertz CT molecular complexity index is 485. The molecule has 21 heavy (non-hydrogen) atoms. The van der Waals surface area contributed by atoms with Gasteiger partial charge >= 0.3 is 5.69 Å². The van der Waals surface area contributed by atoms with Gasteiger partial charge < -0.3 is 10.6 Å². The molecule has 6 nitrogen and oxygen atoms in total. The number of anilines is 2. The number of nitrogens with one attached hydrogen (secondary N) is 2. The van der Waals surface area contributed by atoms with Gasteiger partial charge in [-0.05, 0) is 24.3 Å². The summed E-state index contributed by atoms with van der Waals surface area (Å²) in [5, 5.41) is 17.1. The third kappa shape index (κ3) is 4.31. The van der Waals surface area contributed by atoms with Gasteiger partial charge in [0, 0.05) is 19.7 Å². The monoisotopic (exact) mass is 292 g/mol. The number of nitro groups is 1. The molecule has 0 saturated heterocycles. The first kappa shape index (κ1) is 15.5. The van der Waals surface area contributed by atoms with E-state index in [1.54, 1.807) is 13.1 Å². The van der Waals surface area contributed by atoms with E-state index >= 15 is 0 Å². The molecular weight excluding hydrogens is 268 g/mol. The van der Waals surface area contributed by atoms with Gasteiger partial charge in [0.15, 0.2) is 0 Å². The van der Waals surface area contributed by atoms with E-state index in [4.69, 9.17) is 0 Å². The Morgan fingerprint density at radius 3 is 2.67 bits per heavy atom. The van der Waals surface area contributed by atoms with Crippen LogP contribution in [0.5, 0.6) is 0 Å². The molecule has 0 unspecified atom stereocenters. The smallest absolute Gasteiger partial charge is 0.311 e. The molecule has 1 saturated carbocycles. The highest BCUT2D eigenvalue weighted by atomic mass is 16.6. The van der Waals surface area contributed by atoms with Crippen molar-refractivity contribution >= 4 is 17.3 Å². The van der Waals surface area contributed by atoms with Crippen molar-refractivity contribution in [2.45, 2.75) is 39.0 Å². The third-order valence-corrected chi connectivity index (χ3v) is 4.31. The lowest BCUT2D eigenvalue weighted by molar-refractivity contribution is -0.384. The lowest BCUT2D eigenvalue weighted by Gasteiger charge is -2.26. The molecule has 1 aromatic rings. The van der Waals surface area contributed by atoms with Crippen LogP contribution in [-0.2, 0) is 0 Å². The summed E-state index contributed by atoms with van der Waals surface area (Å²) in [7, 11) is 1.75. The summed E-state index contributed by atoms with van der Waals surface area (Å²) in [6, 6.07) is 3.11. The van der Waals surface area contributed by atoms with Gasteiger partial charge in [-0.2, -0.15) is 0 Å². The standard InChI is InChI=1S/C15H24N4O2/c1-11-3-5-12(6-4-11)9-10-17-15-13(19(20)21)7-8-14(16-2)18-15/h7-8,11-12H,3-6,9-10H2,1-2H3,(H2,16,17,18). The molecule has 1 aliphatic rings. The Morgan fingerprint density at radius 1 is 1.33 bits per heavy atom. The molecule has 116 valence electrons. The topological polar surface area (TPSA) is 80.1 Å². The van der Waals surface area contributed by atoms with E-state index in [0.717, 1.165) is 24.8 Å². The predicted molar refractivity (Wildman–Crippen MR) is 84.7 cm³/mol. The maximum atomic E-state index is 11.0. The van der Waals surface area contributed by atoms with Gasteiger partial charge in [0.05, 0.1) is 4.92 Å². The quantitative estimate of drug-likeness (QED) is 0.618. The van der Waals surface area contributed by atoms with Crippen LogP contribution in [0.4, 0.5) is 17.3 Å². The molecule has 1 aromatic heterocycles. The second-order valence-electron chi connectivity index (χ2n) is 5.91. The van der Waals surface area contributed by atoms with Crippen LogP contribution < -0.4 is 10.6 Å². The zero-order valence-corrected chi connectivity index (χ0v) is 12.8. The van der Waals surface area contributed by atoms with E-state index < -0.39 is 4.92 Å². The molecule has 0 spiro atoms. The molecule has 0 aromatic carbocycles. The summed E-state index contributed by atoms with van der Waals surface area (Å²) in [5.41, 5.74) is 0.0336. The van der Waals surface area contributed by atoms with Gasteiger partial charge in [-0.25, -0.2) is 4.98 Å². The highest BCUT2D eigenvalue weighted by Gasteiger charge is 2.19.